The highest BCUT2D eigenvalue weighted by Crippen LogP contribution is 2.37. The molecular formula is C29H28N6O2. The summed E-state index contributed by atoms with van der Waals surface area (Å²) in [5.41, 5.74) is 6.96. The van der Waals surface area contributed by atoms with E-state index in [4.69, 9.17) is 0 Å². The van der Waals surface area contributed by atoms with Crippen LogP contribution >= 0.6 is 0 Å². The predicted octanol–water partition coefficient (Wildman–Crippen LogP) is 5.73. The zero-order valence-corrected chi connectivity index (χ0v) is 20.6. The number of aryl methyl sites for hydroxylation is 1. The smallest absolute Gasteiger partial charge is 0.407 e. The lowest BCUT2D eigenvalue weighted by Crippen LogP contribution is -2.40. The number of hydrogen-bond acceptors (Lipinski definition) is 5. The molecule has 37 heavy (non-hydrogen) atoms. The lowest BCUT2D eigenvalue weighted by Gasteiger charge is -2.36. The Morgan fingerprint density at radius 1 is 1.05 bits per heavy atom. The number of fused-ring (bicyclic) bond motifs is 2. The highest BCUT2D eigenvalue weighted by molar-refractivity contribution is 5.97. The van der Waals surface area contributed by atoms with E-state index in [1.807, 2.05) is 18.3 Å². The highest BCUT2D eigenvalue weighted by atomic mass is 16.4. The molecule has 8 heteroatoms. The summed E-state index contributed by atoms with van der Waals surface area (Å²) in [5.74, 6) is 0.264. The molecule has 1 unspecified atom stereocenters. The van der Waals surface area contributed by atoms with Crippen molar-refractivity contribution in [3.63, 3.8) is 0 Å². The molecule has 1 atom stereocenters. The van der Waals surface area contributed by atoms with E-state index in [0.29, 0.717) is 13.1 Å². The molecule has 3 aromatic heterocycles. The quantitative estimate of drug-likeness (QED) is 0.325. The molecule has 0 radical (unpaired) electrons. The number of rotatable bonds is 5. The summed E-state index contributed by atoms with van der Waals surface area (Å²) in [5, 5.41) is 14.4. The van der Waals surface area contributed by atoms with E-state index >= 15 is 0 Å². The minimum Gasteiger partial charge on any atom is -0.465 e. The average molecular weight is 493 g/mol. The van der Waals surface area contributed by atoms with E-state index in [1.54, 1.807) is 18.6 Å². The van der Waals surface area contributed by atoms with E-state index in [0.717, 1.165) is 51.8 Å². The van der Waals surface area contributed by atoms with Gasteiger partial charge in [0.15, 0.2) is 0 Å². The molecule has 1 saturated heterocycles. The number of pyridine rings is 1. The van der Waals surface area contributed by atoms with Crippen LogP contribution in [0.1, 0.15) is 24.4 Å². The lowest BCUT2D eigenvalue weighted by atomic mass is 9.85. The fraction of sp³-hybridized carbons (Fsp3) is 0.241. The number of hydrogen-bond donors (Lipinski definition) is 2. The zero-order chi connectivity index (χ0) is 25.4. The summed E-state index contributed by atoms with van der Waals surface area (Å²) < 4.78 is 2.12. The molecule has 1 fully saturated rings. The largest absolute Gasteiger partial charge is 0.465 e. The maximum atomic E-state index is 11.5. The van der Waals surface area contributed by atoms with Crippen LogP contribution in [0.5, 0.6) is 0 Å². The predicted molar refractivity (Wildman–Crippen MR) is 144 cm³/mol. The lowest BCUT2D eigenvalue weighted by molar-refractivity contribution is 0.121. The van der Waals surface area contributed by atoms with E-state index in [2.05, 4.69) is 74.5 Å². The number of anilines is 1. The van der Waals surface area contributed by atoms with Crippen molar-refractivity contribution in [2.75, 3.05) is 18.4 Å². The Balaban J connectivity index is 1.40. The Labute approximate surface area is 214 Å². The topological polar surface area (TPSA) is 96.2 Å². The Kier molecular flexibility index (Phi) is 5.92. The fourth-order valence-electron chi connectivity index (χ4n) is 5.45. The number of benzene rings is 2. The molecule has 1 aliphatic rings. The highest BCUT2D eigenvalue weighted by Gasteiger charge is 2.30. The first-order valence-corrected chi connectivity index (χ1v) is 12.5. The molecule has 0 spiro atoms. The van der Waals surface area contributed by atoms with Gasteiger partial charge in [0.2, 0.25) is 0 Å². The van der Waals surface area contributed by atoms with E-state index in [9.17, 15) is 9.90 Å². The normalized spacial score (nSPS) is 15.2. The van der Waals surface area contributed by atoms with Crippen LogP contribution in [0.25, 0.3) is 33.1 Å². The second kappa shape index (κ2) is 9.54. The van der Waals surface area contributed by atoms with Crippen LogP contribution in [0.4, 0.5) is 10.5 Å². The molecule has 2 aromatic carbocycles. The number of amides is 1. The van der Waals surface area contributed by atoms with Gasteiger partial charge in [-0.3, -0.25) is 15.0 Å². The first kappa shape index (κ1) is 23.0. The maximum absolute atomic E-state index is 11.5. The molecule has 5 aromatic rings. The number of likely N-dealkylation sites (tertiary alicyclic amines) is 1. The molecule has 1 amide bonds. The molecule has 2 N–H and O–H groups in total. The van der Waals surface area contributed by atoms with Gasteiger partial charge >= 0.3 is 6.09 Å². The van der Waals surface area contributed by atoms with Crippen molar-refractivity contribution in [2.45, 2.75) is 18.9 Å². The first-order chi connectivity index (χ1) is 18.1. The summed E-state index contributed by atoms with van der Waals surface area (Å²) in [7, 11) is 2.05. The standard InChI is InChI=1S/C29H28N6O2/c1-34-12-6-19-4-5-21(15-26(19)34)24-16-23(17-25-28(24)32-11-10-31-25)33-27(22-3-2-9-30-18-22)20-7-13-35(14-8-20)29(36)37/h2-6,9-12,15-18,20,27,33H,7-8,13-14H2,1H3,(H,36,37). The summed E-state index contributed by atoms with van der Waals surface area (Å²) in [6.07, 6.45) is 9.90. The number of carbonyl (C=O) groups is 1. The number of aromatic nitrogens is 4. The van der Waals surface area contributed by atoms with Crippen molar-refractivity contribution in [2.24, 2.45) is 13.0 Å². The van der Waals surface area contributed by atoms with Crippen LogP contribution in [0, 0.1) is 5.92 Å². The van der Waals surface area contributed by atoms with Gasteiger partial charge in [0.05, 0.1) is 17.1 Å². The minimum atomic E-state index is -0.850. The molecule has 6 rings (SSSR count). The number of nitrogens with one attached hydrogen (secondary N) is 1. The van der Waals surface area contributed by atoms with Gasteiger partial charge in [-0.1, -0.05) is 18.2 Å². The summed E-state index contributed by atoms with van der Waals surface area (Å²) in [4.78, 5) is 26.6. The molecule has 8 nitrogen and oxygen atoms in total. The third-order valence-electron chi connectivity index (χ3n) is 7.42. The molecule has 0 saturated carbocycles. The minimum absolute atomic E-state index is 0.0121. The van der Waals surface area contributed by atoms with E-state index < -0.39 is 6.09 Å². The van der Waals surface area contributed by atoms with Crippen molar-refractivity contribution in [3.8, 4) is 11.1 Å². The average Bonchev–Trinajstić information content (AvgIpc) is 3.31. The molecular weight excluding hydrogens is 464 g/mol. The van der Waals surface area contributed by atoms with Gasteiger partial charge in [-0.15, -0.1) is 0 Å². The van der Waals surface area contributed by atoms with Gasteiger partial charge in [0.1, 0.15) is 0 Å². The second-order valence-electron chi connectivity index (χ2n) is 9.66. The maximum Gasteiger partial charge on any atom is 0.407 e. The molecule has 186 valence electrons. The van der Waals surface area contributed by atoms with Crippen molar-refractivity contribution >= 4 is 33.7 Å². The van der Waals surface area contributed by atoms with Gasteiger partial charge in [0.25, 0.3) is 0 Å². The fourth-order valence-corrected chi connectivity index (χ4v) is 5.45. The van der Waals surface area contributed by atoms with Gasteiger partial charge in [-0.05, 0) is 65.6 Å². The van der Waals surface area contributed by atoms with Gasteiger partial charge in [-0.2, -0.15) is 0 Å². The van der Waals surface area contributed by atoms with Crippen LogP contribution in [-0.4, -0.2) is 48.7 Å². The van der Waals surface area contributed by atoms with Crippen molar-refractivity contribution < 1.29 is 9.90 Å². The van der Waals surface area contributed by atoms with E-state index in [1.165, 1.54) is 10.3 Å². The van der Waals surface area contributed by atoms with Gasteiger partial charge in [-0.25, -0.2) is 4.79 Å². The number of carboxylic acid groups (broad SMARTS) is 1. The first-order valence-electron chi connectivity index (χ1n) is 12.5. The SMILES string of the molecule is Cn1ccc2ccc(-c3cc(NC(c4cccnc4)C4CCN(C(=O)O)CC4)cc4nccnc34)cc21. The molecule has 4 heterocycles. The Bertz CT molecular complexity index is 1570. The molecule has 0 bridgehead atoms. The van der Waals surface area contributed by atoms with Crippen molar-refractivity contribution in [1.29, 1.82) is 0 Å². The Morgan fingerprint density at radius 3 is 2.68 bits per heavy atom. The Morgan fingerprint density at radius 2 is 1.89 bits per heavy atom. The summed E-state index contributed by atoms with van der Waals surface area (Å²) in [6.45, 7) is 1.06. The Hall–Kier alpha value is -4.46. The number of piperidine rings is 1. The third kappa shape index (κ3) is 4.46. The summed E-state index contributed by atoms with van der Waals surface area (Å²) in [6, 6.07) is 16.8. The molecule has 0 aliphatic carbocycles. The second-order valence-corrected chi connectivity index (χ2v) is 9.66. The zero-order valence-electron chi connectivity index (χ0n) is 20.6. The van der Waals surface area contributed by atoms with Crippen molar-refractivity contribution in [3.05, 3.63) is 85.1 Å². The monoisotopic (exact) mass is 492 g/mol. The van der Waals surface area contributed by atoms with Gasteiger partial charge in [0, 0.05) is 67.9 Å². The van der Waals surface area contributed by atoms with Crippen LogP contribution in [0.15, 0.2) is 79.5 Å². The molecule has 1 aliphatic heterocycles. The number of nitrogens with zero attached hydrogens (tertiary/aromatic N) is 5. The summed E-state index contributed by atoms with van der Waals surface area (Å²) >= 11 is 0. The van der Waals surface area contributed by atoms with Crippen molar-refractivity contribution in [1.82, 2.24) is 24.4 Å². The van der Waals surface area contributed by atoms with Crippen LogP contribution in [0.2, 0.25) is 0 Å². The van der Waals surface area contributed by atoms with Crippen LogP contribution in [0.3, 0.4) is 0 Å². The van der Waals surface area contributed by atoms with Gasteiger partial charge < -0.3 is 19.9 Å². The van der Waals surface area contributed by atoms with Crippen LogP contribution < -0.4 is 5.32 Å². The third-order valence-corrected chi connectivity index (χ3v) is 7.42. The van der Waals surface area contributed by atoms with Crippen LogP contribution in [-0.2, 0) is 7.05 Å². The van der Waals surface area contributed by atoms with E-state index in [-0.39, 0.29) is 12.0 Å².